The van der Waals surface area contributed by atoms with Crippen molar-refractivity contribution in [3.05, 3.63) is 102 Å². The zero-order chi connectivity index (χ0) is 35.1. The third-order valence-electron chi connectivity index (χ3n) is 9.70. The van der Waals surface area contributed by atoms with Crippen molar-refractivity contribution in [2.75, 3.05) is 11.5 Å². The number of aliphatic carboxylic acids is 1. The first-order valence-electron chi connectivity index (χ1n) is 16.5. The van der Waals surface area contributed by atoms with Crippen LogP contribution in [0.1, 0.15) is 69.5 Å². The van der Waals surface area contributed by atoms with Crippen molar-refractivity contribution in [1.82, 2.24) is 9.97 Å². The molecule has 3 aromatic carbocycles. The van der Waals surface area contributed by atoms with Gasteiger partial charge < -0.3 is 19.1 Å². The maximum absolute atomic E-state index is 15.8. The predicted molar refractivity (Wildman–Crippen MR) is 188 cm³/mol. The molecule has 1 unspecified atom stereocenters. The van der Waals surface area contributed by atoms with Gasteiger partial charge in [-0.15, -0.1) is 0 Å². The molecule has 1 aliphatic rings. The summed E-state index contributed by atoms with van der Waals surface area (Å²) >= 11 is -1.97. The lowest BCUT2D eigenvalue weighted by Gasteiger charge is -2.30. The smallest absolute Gasteiger partial charge is 0.306 e. The number of carboxylic acids is 1. The Balaban J connectivity index is 1.47. The molecule has 1 aliphatic heterocycles. The number of H-pyrrole nitrogens is 1. The standard InChI is InChI=1S/C38H41FN2O6S2/c1-24(35(42)43)18-25-8-5-10-27(19-25)38(4)15-7-14-37(2,3)23-49(45,46)17-13-30-29-12-16-40-32(29)21-31(39)34(30)48(44)28-11-6-9-26(20-28)33-22-47-36(38)41-33/h5-6,8-12,16,19-22,24,40H,7,13-15,17-18,23H2,1-4H3,(H,42,43)/t24-,38+,48?/m0/s1. The molecule has 6 rings (SSSR count). The van der Waals surface area contributed by atoms with Crippen LogP contribution in [0.5, 0.6) is 0 Å². The number of carboxylic acid groups (broad SMARTS) is 1. The fourth-order valence-electron chi connectivity index (χ4n) is 7.00. The summed E-state index contributed by atoms with van der Waals surface area (Å²) in [5.74, 6) is -1.91. The maximum atomic E-state index is 15.8. The SMILES string of the molecule is C[C@@H](Cc1cccc([C@@]2(C)CCCC(C)(C)CS(=O)(=O)CCc3c(c(F)cc4[nH]ccc34)[S+]([O-])c3cccc(c3)-c3coc2n3)c1)C(=O)O. The minimum Gasteiger partial charge on any atom is -0.606 e. The van der Waals surface area contributed by atoms with Gasteiger partial charge in [-0.3, -0.25) is 4.79 Å². The van der Waals surface area contributed by atoms with Gasteiger partial charge in [-0.05, 0) is 61.3 Å². The summed E-state index contributed by atoms with van der Waals surface area (Å²) in [5, 5.41) is 10.2. The topological polar surface area (TPSA) is 136 Å². The number of halogens is 1. The van der Waals surface area contributed by atoms with Gasteiger partial charge in [-0.2, -0.15) is 0 Å². The van der Waals surface area contributed by atoms with Gasteiger partial charge in [0, 0.05) is 51.5 Å². The van der Waals surface area contributed by atoms with E-state index in [-0.39, 0.29) is 22.8 Å². The van der Waals surface area contributed by atoms with E-state index in [0.29, 0.717) is 64.2 Å². The third-order valence-corrected chi connectivity index (χ3v) is 13.2. The lowest BCUT2D eigenvalue weighted by molar-refractivity contribution is -0.141. The number of benzene rings is 3. The van der Waals surface area contributed by atoms with E-state index in [1.165, 1.54) is 6.07 Å². The average molecular weight is 705 g/mol. The Hall–Kier alpha value is -3.93. The fourth-order valence-corrected chi connectivity index (χ4v) is 10.3. The molecular formula is C38H41FN2O6S2. The molecule has 2 N–H and O–H groups in total. The summed E-state index contributed by atoms with van der Waals surface area (Å²) in [6.45, 7) is 7.60. The Morgan fingerprint density at radius 2 is 1.90 bits per heavy atom. The van der Waals surface area contributed by atoms with Crippen LogP contribution >= 0.6 is 0 Å². The molecule has 3 atom stereocenters. The molecule has 0 saturated carbocycles. The molecule has 11 heteroatoms. The van der Waals surface area contributed by atoms with Crippen molar-refractivity contribution in [2.45, 2.75) is 75.0 Å². The monoisotopic (exact) mass is 704 g/mol. The van der Waals surface area contributed by atoms with Gasteiger partial charge >= 0.3 is 5.97 Å². The van der Waals surface area contributed by atoms with E-state index in [2.05, 4.69) is 4.98 Å². The number of aromatic amines is 1. The summed E-state index contributed by atoms with van der Waals surface area (Å²) in [6, 6.07) is 17.8. The molecule has 0 spiro atoms. The van der Waals surface area contributed by atoms with Crippen LogP contribution in [0.3, 0.4) is 0 Å². The first-order valence-corrected chi connectivity index (χ1v) is 19.4. The molecule has 0 fully saturated rings. The van der Waals surface area contributed by atoms with E-state index in [0.717, 1.165) is 11.1 Å². The number of aromatic nitrogens is 2. The Labute approximate surface area is 289 Å². The number of sulfone groups is 1. The van der Waals surface area contributed by atoms with E-state index < -0.39 is 49.5 Å². The molecule has 8 nitrogen and oxygen atoms in total. The molecular weight excluding hydrogens is 664 g/mol. The molecule has 0 amide bonds. The largest absolute Gasteiger partial charge is 0.606 e. The highest BCUT2D eigenvalue weighted by Crippen LogP contribution is 2.41. The number of fused-ring (bicyclic) bond motifs is 8. The second-order valence-corrected chi connectivity index (χ2v) is 17.9. The highest BCUT2D eigenvalue weighted by atomic mass is 32.2. The van der Waals surface area contributed by atoms with Crippen LogP contribution in [0.4, 0.5) is 4.39 Å². The van der Waals surface area contributed by atoms with Gasteiger partial charge in [0.05, 0.1) is 22.8 Å². The number of aryl methyl sites for hydroxylation is 1. The van der Waals surface area contributed by atoms with Crippen molar-refractivity contribution in [3.63, 3.8) is 0 Å². The number of hydrogen-bond acceptors (Lipinski definition) is 6. The van der Waals surface area contributed by atoms with Crippen molar-refractivity contribution < 1.29 is 31.7 Å². The molecule has 49 heavy (non-hydrogen) atoms. The summed E-state index contributed by atoms with van der Waals surface area (Å²) < 4.78 is 63.4. The minimum atomic E-state index is -3.60. The third kappa shape index (κ3) is 7.34. The van der Waals surface area contributed by atoms with Crippen molar-refractivity contribution in [1.29, 1.82) is 0 Å². The molecule has 2 aromatic heterocycles. The number of rotatable bonds is 4. The van der Waals surface area contributed by atoms with Crippen LogP contribution in [0, 0.1) is 17.2 Å². The average Bonchev–Trinajstić information content (AvgIpc) is 3.73. The molecule has 0 saturated heterocycles. The van der Waals surface area contributed by atoms with Gasteiger partial charge in [0.25, 0.3) is 0 Å². The zero-order valence-electron chi connectivity index (χ0n) is 28.1. The summed E-state index contributed by atoms with van der Waals surface area (Å²) in [5.41, 5.74) is 2.60. The van der Waals surface area contributed by atoms with Gasteiger partial charge in [0.2, 0.25) is 5.89 Å². The Morgan fingerprint density at radius 3 is 2.67 bits per heavy atom. The van der Waals surface area contributed by atoms with Crippen LogP contribution in [0.2, 0.25) is 0 Å². The Morgan fingerprint density at radius 1 is 1.12 bits per heavy atom. The van der Waals surface area contributed by atoms with E-state index in [1.54, 1.807) is 43.6 Å². The minimum absolute atomic E-state index is 0.0207. The lowest BCUT2D eigenvalue weighted by atomic mass is 9.75. The lowest BCUT2D eigenvalue weighted by Crippen LogP contribution is -2.29. The van der Waals surface area contributed by atoms with Crippen molar-refractivity contribution in [2.24, 2.45) is 11.3 Å². The number of carbonyl (C=O) groups is 1. The maximum Gasteiger partial charge on any atom is 0.306 e. The molecule has 3 heterocycles. The van der Waals surface area contributed by atoms with Gasteiger partial charge in [0.1, 0.15) is 12.0 Å². The van der Waals surface area contributed by atoms with Crippen LogP contribution < -0.4 is 0 Å². The molecule has 5 aromatic rings. The molecule has 4 bridgehead atoms. The van der Waals surface area contributed by atoms with E-state index >= 15 is 4.39 Å². The first kappa shape index (κ1) is 34.9. The van der Waals surface area contributed by atoms with Crippen LogP contribution in [0.25, 0.3) is 22.2 Å². The summed E-state index contributed by atoms with van der Waals surface area (Å²) in [7, 11) is -3.60. The second kappa shape index (κ2) is 13.4. The number of oxazole rings is 1. The molecule has 0 aliphatic carbocycles. The quantitative estimate of drug-likeness (QED) is 0.182. The first-order chi connectivity index (χ1) is 23.2. The molecule has 258 valence electrons. The van der Waals surface area contributed by atoms with Crippen LogP contribution in [0.15, 0.2) is 87.3 Å². The highest BCUT2D eigenvalue weighted by Gasteiger charge is 2.37. The number of nitrogens with one attached hydrogen (secondary N) is 1. The van der Waals surface area contributed by atoms with Crippen molar-refractivity contribution in [3.8, 4) is 11.3 Å². The Bertz CT molecular complexity index is 2120. The summed E-state index contributed by atoms with van der Waals surface area (Å²) in [6.07, 6.45) is 5.48. The van der Waals surface area contributed by atoms with Gasteiger partial charge in [-0.25, -0.2) is 17.8 Å². The zero-order valence-corrected chi connectivity index (χ0v) is 29.7. The van der Waals surface area contributed by atoms with E-state index in [4.69, 9.17) is 9.40 Å². The predicted octanol–water partition coefficient (Wildman–Crippen LogP) is 7.87. The number of nitrogens with zero attached hydrogens (tertiary/aromatic N) is 1. The van der Waals surface area contributed by atoms with Gasteiger partial charge in [0.15, 0.2) is 25.4 Å². The van der Waals surface area contributed by atoms with Crippen LogP contribution in [-0.4, -0.2) is 45.5 Å². The fraction of sp³-hybridized carbons (Fsp3) is 0.368. The summed E-state index contributed by atoms with van der Waals surface area (Å²) in [4.78, 5) is 19.9. The molecule has 0 radical (unpaired) electrons. The van der Waals surface area contributed by atoms with Gasteiger partial charge in [-0.1, -0.05) is 63.6 Å². The Kier molecular flexibility index (Phi) is 9.56. The van der Waals surface area contributed by atoms with Crippen LogP contribution in [-0.2, 0) is 44.1 Å². The number of hydrogen-bond donors (Lipinski definition) is 2. The highest BCUT2D eigenvalue weighted by molar-refractivity contribution is 7.92. The van der Waals surface area contributed by atoms with E-state index in [9.17, 15) is 22.9 Å². The van der Waals surface area contributed by atoms with Crippen molar-refractivity contribution >= 4 is 37.9 Å². The normalized spacial score (nSPS) is 21.7. The van der Waals surface area contributed by atoms with E-state index in [1.807, 2.05) is 51.1 Å². The second-order valence-electron chi connectivity index (χ2n) is 14.3.